The van der Waals surface area contributed by atoms with E-state index in [1.165, 1.54) is 0 Å². The minimum absolute atomic E-state index is 0.285. The lowest BCUT2D eigenvalue weighted by molar-refractivity contribution is -0.0606. The molecule has 0 saturated heterocycles. The molecular formula is C18H14N4O2. The molecule has 118 valence electrons. The van der Waals surface area contributed by atoms with Crippen molar-refractivity contribution in [2.24, 2.45) is 0 Å². The van der Waals surface area contributed by atoms with Gasteiger partial charge in [-0.3, -0.25) is 10.0 Å². The van der Waals surface area contributed by atoms with E-state index in [-0.39, 0.29) is 6.54 Å². The summed E-state index contributed by atoms with van der Waals surface area (Å²) < 4.78 is 2.07. The maximum absolute atomic E-state index is 12.0. The topological polar surface area (TPSA) is 82.2 Å². The second-order valence-corrected chi connectivity index (χ2v) is 5.81. The Morgan fingerprint density at radius 1 is 1.25 bits per heavy atom. The molecule has 24 heavy (non-hydrogen) atoms. The number of carbonyl (C=O) groups is 1. The Morgan fingerprint density at radius 3 is 2.79 bits per heavy atom. The fourth-order valence-electron chi connectivity index (χ4n) is 3.11. The third-order valence-electron chi connectivity index (χ3n) is 4.38. The van der Waals surface area contributed by atoms with Crippen LogP contribution in [0.15, 0.2) is 42.7 Å². The van der Waals surface area contributed by atoms with E-state index in [1.807, 2.05) is 24.4 Å². The van der Waals surface area contributed by atoms with E-state index in [4.69, 9.17) is 5.26 Å². The zero-order valence-corrected chi connectivity index (χ0v) is 12.8. The molecule has 1 aliphatic heterocycles. The van der Waals surface area contributed by atoms with Crippen LogP contribution in [0.1, 0.15) is 27.2 Å². The Hall–Kier alpha value is -3.17. The van der Waals surface area contributed by atoms with E-state index in [1.54, 1.807) is 18.3 Å². The zero-order chi connectivity index (χ0) is 16.7. The van der Waals surface area contributed by atoms with E-state index in [9.17, 15) is 10.0 Å². The molecule has 3 aromatic rings. The highest BCUT2D eigenvalue weighted by Crippen LogP contribution is 2.26. The largest absolute Gasteiger partial charge is 0.342 e. The first kappa shape index (κ1) is 14.4. The number of rotatable bonds is 2. The second-order valence-electron chi connectivity index (χ2n) is 5.81. The highest BCUT2D eigenvalue weighted by atomic mass is 16.5. The molecule has 0 bridgehead atoms. The van der Waals surface area contributed by atoms with Crippen molar-refractivity contribution in [3.05, 3.63) is 65.1 Å². The predicted molar refractivity (Wildman–Crippen MR) is 86.5 cm³/mol. The molecule has 0 unspecified atom stereocenters. The molecule has 0 spiro atoms. The van der Waals surface area contributed by atoms with Gasteiger partial charge in [-0.2, -0.15) is 5.26 Å². The number of hydrogen-bond donors (Lipinski definition) is 1. The maximum atomic E-state index is 12.0. The first-order valence-electron chi connectivity index (χ1n) is 7.64. The molecule has 0 atom stereocenters. The van der Waals surface area contributed by atoms with Gasteiger partial charge in [0, 0.05) is 18.1 Å². The van der Waals surface area contributed by atoms with Crippen molar-refractivity contribution in [3.63, 3.8) is 0 Å². The summed E-state index contributed by atoms with van der Waals surface area (Å²) in [6.07, 6.45) is 4.23. The Labute approximate surface area is 138 Å². The van der Waals surface area contributed by atoms with Gasteiger partial charge in [0.25, 0.3) is 5.91 Å². The third-order valence-corrected chi connectivity index (χ3v) is 4.38. The van der Waals surface area contributed by atoms with Crippen molar-refractivity contribution in [1.29, 1.82) is 5.26 Å². The fraction of sp³-hybridized carbons (Fsp3) is 0.167. The molecule has 2 aromatic heterocycles. The van der Waals surface area contributed by atoms with Crippen LogP contribution in [0.3, 0.4) is 0 Å². The van der Waals surface area contributed by atoms with Crippen LogP contribution < -0.4 is 0 Å². The maximum Gasteiger partial charge on any atom is 0.296 e. The Morgan fingerprint density at radius 2 is 2.04 bits per heavy atom. The van der Waals surface area contributed by atoms with Gasteiger partial charge >= 0.3 is 0 Å². The Balaban J connectivity index is 1.73. The van der Waals surface area contributed by atoms with Crippen LogP contribution in [-0.2, 0) is 13.0 Å². The van der Waals surface area contributed by atoms with Crippen LogP contribution >= 0.6 is 0 Å². The van der Waals surface area contributed by atoms with Gasteiger partial charge in [-0.1, -0.05) is 12.1 Å². The van der Waals surface area contributed by atoms with Gasteiger partial charge < -0.3 is 4.57 Å². The van der Waals surface area contributed by atoms with Crippen LogP contribution in [0.5, 0.6) is 0 Å². The number of benzene rings is 1. The number of hydrogen-bond acceptors (Lipinski definition) is 4. The van der Waals surface area contributed by atoms with Gasteiger partial charge in [0.15, 0.2) is 0 Å². The van der Waals surface area contributed by atoms with Crippen LogP contribution in [0.2, 0.25) is 0 Å². The van der Waals surface area contributed by atoms with Crippen molar-refractivity contribution >= 4 is 16.8 Å². The Kier molecular flexibility index (Phi) is 3.29. The lowest BCUT2D eigenvalue weighted by Gasteiger charge is -2.22. The first-order chi connectivity index (χ1) is 11.7. The normalized spacial score (nSPS) is 13.8. The SMILES string of the molecule is N#Cc1ccc(Cn2ccc3c4c(ncc32)C(=O)N(O)CC4)cc1. The van der Waals surface area contributed by atoms with E-state index < -0.39 is 5.91 Å². The summed E-state index contributed by atoms with van der Waals surface area (Å²) in [6, 6.07) is 11.6. The molecule has 0 aliphatic carbocycles. The molecule has 4 rings (SSSR count). The minimum atomic E-state index is -0.446. The van der Waals surface area contributed by atoms with Crippen molar-refractivity contribution in [1.82, 2.24) is 14.6 Å². The van der Waals surface area contributed by atoms with Crippen LogP contribution in [0.4, 0.5) is 0 Å². The third kappa shape index (κ3) is 2.23. The number of fused-ring (bicyclic) bond motifs is 3. The van der Waals surface area contributed by atoms with Crippen LogP contribution in [0.25, 0.3) is 10.9 Å². The number of nitrogens with zero attached hydrogens (tertiary/aromatic N) is 4. The standard InChI is InChI=1S/C18H14N4O2/c19-9-12-1-3-13(4-2-12)11-21-7-5-14-15-6-8-22(24)18(23)17(15)20-10-16(14)21/h1-5,7,10,24H,6,8,11H2. The number of nitriles is 1. The van der Waals surface area contributed by atoms with Gasteiger partial charge in [0.2, 0.25) is 0 Å². The average molecular weight is 318 g/mol. The van der Waals surface area contributed by atoms with Crippen LogP contribution in [0, 0.1) is 11.3 Å². The first-order valence-corrected chi connectivity index (χ1v) is 7.64. The fourth-order valence-corrected chi connectivity index (χ4v) is 3.11. The van der Waals surface area contributed by atoms with Gasteiger partial charge in [-0.05, 0) is 35.7 Å². The lowest BCUT2D eigenvalue weighted by Crippen LogP contribution is -2.35. The van der Waals surface area contributed by atoms with Crippen molar-refractivity contribution < 1.29 is 10.0 Å². The van der Waals surface area contributed by atoms with Gasteiger partial charge in [0.05, 0.1) is 29.9 Å². The highest BCUT2D eigenvalue weighted by molar-refractivity contribution is 5.99. The molecule has 1 aromatic carbocycles. The molecule has 6 heteroatoms. The van der Waals surface area contributed by atoms with E-state index in [2.05, 4.69) is 15.6 Å². The summed E-state index contributed by atoms with van der Waals surface area (Å²) in [5, 5.41) is 20.1. The summed E-state index contributed by atoms with van der Waals surface area (Å²) in [4.78, 5) is 16.3. The second kappa shape index (κ2) is 5.48. The van der Waals surface area contributed by atoms with Crippen LogP contribution in [-0.4, -0.2) is 32.3 Å². The number of aromatic nitrogens is 2. The smallest absolute Gasteiger partial charge is 0.296 e. The summed E-state index contributed by atoms with van der Waals surface area (Å²) in [6.45, 7) is 0.948. The van der Waals surface area contributed by atoms with Gasteiger partial charge in [-0.15, -0.1) is 0 Å². The number of hydroxylamine groups is 2. The van der Waals surface area contributed by atoms with Gasteiger partial charge in [-0.25, -0.2) is 10.0 Å². The number of amides is 1. The molecule has 1 N–H and O–H groups in total. The Bertz CT molecular complexity index is 983. The molecular weight excluding hydrogens is 304 g/mol. The molecule has 0 saturated carbocycles. The summed E-state index contributed by atoms with van der Waals surface area (Å²) in [5.41, 5.74) is 3.90. The number of pyridine rings is 1. The molecule has 6 nitrogen and oxygen atoms in total. The summed E-state index contributed by atoms with van der Waals surface area (Å²) in [5.74, 6) is -0.446. The molecule has 0 fully saturated rings. The number of carbonyl (C=O) groups excluding carboxylic acids is 1. The van der Waals surface area contributed by atoms with Crippen molar-refractivity contribution in [2.75, 3.05) is 6.54 Å². The van der Waals surface area contributed by atoms with E-state index in [0.29, 0.717) is 24.2 Å². The van der Waals surface area contributed by atoms with Crippen molar-refractivity contribution in [3.8, 4) is 6.07 Å². The van der Waals surface area contributed by atoms with E-state index >= 15 is 0 Å². The summed E-state index contributed by atoms with van der Waals surface area (Å²) >= 11 is 0. The monoisotopic (exact) mass is 318 g/mol. The molecule has 1 aliphatic rings. The van der Waals surface area contributed by atoms with E-state index in [0.717, 1.165) is 27.1 Å². The highest BCUT2D eigenvalue weighted by Gasteiger charge is 2.26. The molecule has 3 heterocycles. The average Bonchev–Trinajstić information content (AvgIpc) is 3.02. The predicted octanol–water partition coefficient (Wildman–Crippen LogP) is 2.34. The minimum Gasteiger partial charge on any atom is -0.342 e. The summed E-state index contributed by atoms with van der Waals surface area (Å²) in [7, 11) is 0. The van der Waals surface area contributed by atoms with Crippen molar-refractivity contribution in [2.45, 2.75) is 13.0 Å². The lowest BCUT2D eigenvalue weighted by atomic mass is 10.0. The molecule has 1 amide bonds. The van der Waals surface area contributed by atoms with Gasteiger partial charge in [0.1, 0.15) is 5.69 Å². The molecule has 0 radical (unpaired) electrons. The quantitative estimate of drug-likeness (QED) is 0.735. The zero-order valence-electron chi connectivity index (χ0n) is 12.8.